The number of carbonyl (C=O) groups excluding carboxylic acids is 2. The summed E-state index contributed by atoms with van der Waals surface area (Å²) in [5, 5.41) is 8.57. The molecule has 0 aromatic heterocycles. The summed E-state index contributed by atoms with van der Waals surface area (Å²) in [6, 6.07) is 19.9. The third-order valence-electron chi connectivity index (χ3n) is 7.76. The maximum atomic E-state index is 13.5. The zero-order valence-corrected chi connectivity index (χ0v) is 23.4. The molecule has 3 aromatic rings. The summed E-state index contributed by atoms with van der Waals surface area (Å²) < 4.78 is 38.4. The second-order valence-corrected chi connectivity index (χ2v) is 12.7. The third-order valence-corrected chi connectivity index (χ3v) is 9.06. The Morgan fingerprint density at radius 3 is 2.38 bits per heavy atom. The molecule has 212 valence electrons. The summed E-state index contributed by atoms with van der Waals surface area (Å²) in [5.74, 6) is -0.389. The molecule has 1 aliphatic carbocycles. The molecular weight excluding hydrogens is 531 g/mol. The summed E-state index contributed by atoms with van der Waals surface area (Å²) >= 11 is 0. The van der Waals surface area contributed by atoms with Crippen molar-refractivity contribution in [3.8, 4) is 0 Å². The van der Waals surface area contributed by atoms with E-state index in [1.54, 1.807) is 17.0 Å². The van der Waals surface area contributed by atoms with Crippen LogP contribution in [0.25, 0.3) is 10.8 Å². The molecule has 1 saturated heterocycles. The van der Waals surface area contributed by atoms with Gasteiger partial charge in [0.1, 0.15) is 11.9 Å². The zero-order valence-electron chi connectivity index (χ0n) is 22.6. The number of nitrogens with one attached hydrogen (secondary N) is 2. The number of carbonyl (C=O) groups is 2. The fourth-order valence-electron chi connectivity index (χ4n) is 5.41. The van der Waals surface area contributed by atoms with E-state index in [9.17, 15) is 22.4 Å². The molecule has 0 bridgehead atoms. The van der Waals surface area contributed by atoms with Crippen molar-refractivity contribution < 1.29 is 22.4 Å². The minimum absolute atomic E-state index is 0.152. The molecule has 40 heavy (non-hydrogen) atoms. The van der Waals surface area contributed by atoms with Gasteiger partial charge < -0.3 is 15.5 Å². The fraction of sp³-hybridized carbons (Fsp3) is 0.400. The zero-order chi connectivity index (χ0) is 28.3. The molecule has 1 saturated carbocycles. The lowest BCUT2D eigenvalue weighted by Gasteiger charge is -2.35. The minimum atomic E-state index is -3.32. The molecule has 10 heteroatoms. The highest BCUT2D eigenvalue weighted by Crippen LogP contribution is 2.40. The van der Waals surface area contributed by atoms with Gasteiger partial charge in [-0.15, -0.1) is 0 Å². The van der Waals surface area contributed by atoms with Crippen LogP contribution in [-0.4, -0.2) is 80.5 Å². The molecule has 5 rings (SSSR count). The standard InChI is InChI=1S/C30H35FN4O4S/c1-40(38,39)35-16-14-34(15-17-35)30(37)27(12-13-32-28-20-26(28)23-8-10-25(31)11-9-23)33-29(36)19-21-6-7-22-4-2-3-5-24(22)18-21/h2-11,18,26-28,32H,12-17,19-20H2,1H3,(H,33,36)/t26-,27-,28+/m0/s1. The van der Waals surface area contributed by atoms with E-state index < -0.39 is 16.1 Å². The number of benzene rings is 3. The van der Waals surface area contributed by atoms with Crippen LogP contribution in [0.1, 0.15) is 29.9 Å². The maximum absolute atomic E-state index is 13.5. The number of nitrogens with zero attached hydrogens (tertiary/aromatic N) is 2. The van der Waals surface area contributed by atoms with Crippen molar-refractivity contribution in [2.24, 2.45) is 0 Å². The van der Waals surface area contributed by atoms with Crippen molar-refractivity contribution >= 4 is 32.6 Å². The lowest BCUT2D eigenvalue weighted by atomic mass is 10.0. The Hall–Kier alpha value is -3.34. The quantitative estimate of drug-likeness (QED) is 0.393. The summed E-state index contributed by atoms with van der Waals surface area (Å²) in [6.07, 6.45) is 2.66. The Bertz CT molecular complexity index is 1470. The van der Waals surface area contributed by atoms with Crippen LogP contribution >= 0.6 is 0 Å². The van der Waals surface area contributed by atoms with Crippen LogP contribution in [0.15, 0.2) is 66.7 Å². The first-order valence-corrected chi connectivity index (χ1v) is 15.5. The number of rotatable bonds is 10. The summed E-state index contributed by atoms with van der Waals surface area (Å²) in [5.41, 5.74) is 1.95. The molecule has 1 heterocycles. The predicted octanol–water partition coefficient (Wildman–Crippen LogP) is 2.65. The number of hydrogen-bond acceptors (Lipinski definition) is 5. The summed E-state index contributed by atoms with van der Waals surface area (Å²) in [6.45, 7) is 1.57. The van der Waals surface area contributed by atoms with Gasteiger partial charge in [0.2, 0.25) is 21.8 Å². The van der Waals surface area contributed by atoms with E-state index in [1.165, 1.54) is 22.7 Å². The molecule has 2 N–H and O–H groups in total. The van der Waals surface area contributed by atoms with Gasteiger partial charge in [-0.2, -0.15) is 4.31 Å². The topological polar surface area (TPSA) is 98.8 Å². The van der Waals surface area contributed by atoms with E-state index in [0.29, 0.717) is 18.9 Å². The van der Waals surface area contributed by atoms with Gasteiger partial charge in [0.05, 0.1) is 12.7 Å². The number of sulfonamides is 1. The molecular formula is C30H35FN4O4S. The third kappa shape index (κ3) is 7.04. The van der Waals surface area contributed by atoms with E-state index in [2.05, 4.69) is 10.6 Å². The first-order valence-electron chi connectivity index (χ1n) is 13.7. The lowest BCUT2D eigenvalue weighted by molar-refractivity contribution is -0.137. The molecule has 1 aliphatic heterocycles. The number of halogens is 1. The van der Waals surface area contributed by atoms with Gasteiger partial charge in [-0.05, 0) is 53.4 Å². The molecule has 3 aromatic carbocycles. The molecule has 0 radical (unpaired) electrons. The number of fused-ring (bicyclic) bond motifs is 1. The van der Waals surface area contributed by atoms with Gasteiger partial charge in [0.25, 0.3) is 0 Å². The van der Waals surface area contributed by atoms with Crippen LogP contribution in [0.4, 0.5) is 4.39 Å². The Kier molecular flexibility index (Phi) is 8.48. The van der Waals surface area contributed by atoms with Crippen LogP contribution in [0.5, 0.6) is 0 Å². The second kappa shape index (κ2) is 12.0. The van der Waals surface area contributed by atoms with Crippen LogP contribution in [0.3, 0.4) is 0 Å². The van der Waals surface area contributed by atoms with Crippen molar-refractivity contribution in [3.63, 3.8) is 0 Å². The highest BCUT2D eigenvalue weighted by atomic mass is 32.2. The molecule has 0 spiro atoms. The van der Waals surface area contributed by atoms with Crippen molar-refractivity contribution in [2.45, 2.75) is 37.3 Å². The first kappa shape index (κ1) is 28.2. The smallest absolute Gasteiger partial charge is 0.245 e. The van der Waals surface area contributed by atoms with E-state index in [4.69, 9.17) is 0 Å². The number of amides is 2. The molecule has 2 fully saturated rings. The summed E-state index contributed by atoms with van der Waals surface area (Å²) in [4.78, 5) is 28.2. The maximum Gasteiger partial charge on any atom is 0.245 e. The highest BCUT2D eigenvalue weighted by Gasteiger charge is 2.38. The van der Waals surface area contributed by atoms with Gasteiger partial charge in [0.15, 0.2) is 0 Å². The Labute approximate surface area is 234 Å². The van der Waals surface area contributed by atoms with Crippen molar-refractivity contribution in [1.82, 2.24) is 19.8 Å². The molecule has 3 atom stereocenters. The van der Waals surface area contributed by atoms with Crippen LogP contribution in [0.2, 0.25) is 0 Å². The Balaban J connectivity index is 1.20. The van der Waals surface area contributed by atoms with E-state index >= 15 is 0 Å². The number of piperazine rings is 1. The lowest BCUT2D eigenvalue weighted by Crippen LogP contribution is -2.56. The molecule has 8 nitrogen and oxygen atoms in total. The van der Waals surface area contributed by atoms with E-state index in [1.807, 2.05) is 42.5 Å². The van der Waals surface area contributed by atoms with Crippen molar-refractivity contribution in [3.05, 3.63) is 83.7 Å². The Morgan fingerprint density at radius 1 is 0.975 bits per heavy atom. The van der Waals surface area contributed by atoms with Crippen molar-refractivity contribution in [2.75, 3.05) is 39.0 Å². The van der Waals surface area contributed by atoms with Crippen molar-refractivity contribution in [1.29, 1.82) is 0 Å². The fourth-order valence-corrected chi connectivity index (χ4v) is 6.24. The molecule has 0 unspecified atom stereocenters. The van der Waals surface area contributed by atoms with Crippen LogP contribution in [-0.2, 0) is 26.0 Å². The second-order valence-electron chi connectivity index (χ2n) is 10.7. The molecule has 2 amide bonds. The van der Waals surface area contributed by atoms with Crippen LogP contribution in [0, 0.1) is 5.82 Å². The van der Waals surface area contributed by atoms with Gasteiger partial charge in [-0.3, -0.25) is 9.59 Å². The van der Waals surface area contributed by atoms with E-state index in [0.717, 1.165) is 28.3 Å². The van der Waals surface area contributed by atoms with Gasteiger partial charge in [0, 0.05) is 38.1 Å². The summed E-state index contributed by atoms with van der Waals surface area (Å²) in [7, 11) is -3.32. The normalized spacial score (nSPS) is 20.3. The number of hydrogen-bond donors (Lipinski definition) is 2. The first-order chi connectivity index (χ1) is 19.2. The average molecular weight is 567 g/mol. The van der Waals surface area contributed by atoms with Gasteiger partial charge in [-0.25, -0.2) is 12.8 Å². The van der Waals surface area contributed by atoms with Gasteiger partial charge >= 0.3 is 0 Å². The van der Waals surface area contributed by atoms with E-state index in [-0.39, 0.29) is 56.3 Å². The average Bonchev–Trinajstić information content (AvgIpc) is 3.71. The Morgan fingerprint density at radius 2 is 1.68 bits per heavy atom. The monoisotopic (exact) mass is 566 g/mol. The van der Waals surface area contributed by atoms with Crippen LogP contribution < -0.4 is 10.6 Å². The minimum Gasteiger partial charge on any atom is -0.344 e. The SMILES string of the molecule is CS(=O)(=O)N1CCN(C(=O)[C@H](CCN[C@@H]2C[C@H]2c2ccc(F)cc2)NC(=O)Cc2ccc3ccccc3c2)CC1. The van der Waals surface area contributed by atoms with Gasteiger partial charge in [-0.1, -0.05) is 54.6 Å². The highest BCUT2D eigenvalue weighted by molar-refractivity contribution is 7.88. The predicted molar refractivity (Wildman–Crippen MR) is 153 cm³/mol. The molecule has 2 aliphatic rings. The largest absolute Gasteiger partial charge is 0.344 e.